The minimum atomic E-state index is 0.254. The number of hydrogen-bond donors (Lipinski definition) is 1. The Kier molecular flexibility index (Phi) is 6.36. The molecule has 0 aliphatic rings. The molecule has 0 aliphatic carbocycles. The van der Waals surface area contributed by atoms with E-state index in [0.717, 1.165) is 25.1 Å². The van der Waals surface area contributed by atoms with Gasteiger partial charge in [-0.25, -0.2) is 0 Å². The molecule has 0 aliphatic heterocycles. The Bertz CT molecular complexity index is 336. The first-order valence-electron chi connectivity index (χ1n) is 6.95. The average molecular weight is 253 g/mol. The smallest absolute Gasteiger partial charge is 0.0729 e. The first-order chi connectivity index (χ1) is 8.62. The molecular weight excluding hydrogens is 226 g/mol. The van der Waals surface area contributed by atoms with Crippen LogP contribution < -0.4 is 5.32 Å². The molecule has 0 radical (unpaired) electrons. The molecule has 1 aromatic rings. The van der Waals surface area contributed by atoms with Gasteiger partial charge in [-0.2, -0.15) is 5.10 Å². The van der Waals surface area contributed by atoms with Gasteiger partial charge in [0.1, 0.15) is 0 Å². The highest BCUT2D eigenvalue weighted by molar-refractivity contribution is 5.03. The summed E-state index contributed by atoms with van der Waals surface area (Å²) in [6.07, 6.45) is 4.23. The maximum atomic E-state index is 5.77. The highest BCUT2D eigenvalue weighted by Crippen LogP contribution is 2.11. The van der Waals surface area contributed by atoms with Crippen LogP contribution in [0.15, 0.2) is 12.3 Å². The number of nitrogens with zero attached hydrogens (tertiary/aromatic N) is 2. The van der Waals surface area contributed by atoms with Gasteiger partial charge in [0.05, 0.1) is 11.8 Å². The van der Waals surface area contributed by atoms with Gasteiger partial charge in [0.15, 0.2) is 0 Å². The first kappa shape index (κ1) is 15.2. The molecule has 0 amide bonds. The second kappa shape index (κ2) is 7.54. The zero-order valence-electron chi connectivity index (χ0n) is 12.3. The fraction of sp³-hybridized carbons (Fsp3) is 0.786. The van der Waals surface area contributed by atoms with E-state index >= 15 is 0 Å². The molecule has 1 heterocycles. The van der Waals surface area contributed by atoms with E-state index in [4.69, 9.17) is 4.74 Å². The lowest BCUT2D eigenvalue weighted by Gasteiger charge is -2.25. The molecular formula is C14H27N3O. The summed E-state index contributed by atoms with van der Waals surface area (Å²) in [6.45, 7) is 9.25. The average Bonchev–Trinajstić information content (AvgIpc) is 2.82. The summed E-state index contributed by atoms with van der Waals surface area (Å²) in [5.41, 5.74) is 1.13. The minimum Gasteiger partial charge on any atom is -0.377 e. The van der Waals surface area contributed by atoms with Crippen molar-refractivity contribution in [3.63, 3.8) is 0 Å². The molecule has 2 atom stereocenters. The van der Waals surface area contributed by atoms with Crippen LogP contribution in [0.4, 0.5) is 0 Å². The zero-order valence-corrected chi connectivity index (χ0v) is 12.3. The fourth-order valence-corrected chi connectivity index (χ4v) is 2.15. The Morgan fingerprint density at radius 1 is 1.39 bits per heavy atom. The lowest BCUT2D eigenvalue weighted by molar-refractivity contribution is 0.0336. The molecule has 0 saturated carbocycles. The lowest BCUT2D eigenvalue weighted by Crippen LogP contribution is -2.41. The summed E-state index contributed by atoms with van der Waals surface area (Å²) in [6, 6.07) is 2.84. The van der Waals surface area contributed by atoms with E-state index in [1.807, 2.05) is 24.9 Å². The van der Waals surface area contributed by atoms with Gasteiger partial charge in [-0.3, -0.25) is 4.68 Å². The van der Waals surface area contributed by atoms with Gasteiger partial charge in [-0.05, 0) is 40.3 Å². The first-order valence-corrected chi connectivity index (χ1v) is 6.95. The Hall–Kier alpha value is -0.870. The summed E-state index contributed by atoms with van der Waals surface area (Å²) >= 11 is 0. The van der Waals surface area contributed by atoms with E-state index < -0.39 is 0 Å². The quantitative estimate of drug-likeness (QED) is 0.773. The second-order valence-corrected chi connectivity index (χ2v) is 4.88. The number of hydrogen-bond acceptors (Lipinski definition) is 3. The minimum absolute atomic E-state index is 0.254. The Balaban J connectivity index is 2.65. The third-order valence-corrected chi connectivity index (χ3v) is 3.22. The number of nitrogens with one attached hydrogen (secondary N) is 1. The van der Waals surface area contributed by atoms with Crippen LogP contribution in [-0.2, 0) is 11.2 Å². The van der Waals surface area contributed by atoms with Gasteiger partial charge in [0.25, 0.3) is 0 Å². The summed E-state index contributed by atoms with van der Waals surface area (Å²) < 4.78 is 7.78. The predicted molar refractivity (Wildman–Crippen MR) is 74.9 cm³/mol. The summed E-state index contributed by atoms with van der Waals surface area (Å²) in [4.78, 5) is 0. The molecule has 4 nitrogen and oxygen atoms in total. The van der Waals surface area contributed by atoms with E-state index in [2.05, 4.69) is 37.3 Å². The van der Waals surface area contributed by atoms with E-state index in [9.17, 15) is 0 Å². The number of likely N-dealkylation sites (N-methyl/N-ethyl adjacent to an activating group) is 1. The van der Waals surface area contributed by atoms with Gasteiger partial charge in [-0.1, -0.05) is 6.92 Å². The van der Waals surface area contributed by atoms with Crippen LogP contribution in [0, 0.1) is 0 Å². The van der Waals surface area contributed by atoms with Gasteiger partial charge in [-0.15, -0.1) is 0 Å². The monoisotopic (exact) mass is 253 g/mol. The predicted octanol–water partition coefficient (Wildman–Crippen LogP) is 2.41. The summed E-state index contributed by atoms with van der Waals surface area (Å²) in [5.74, 6) is 0. The number of ether oxygens (including phenoxy) is 1. The standard InChI is InChI=1S/C14H27N3O/c1-6-14(18-7-2)13(15-5)10-12-8-9-17(16-12)11(3)4/h8-9,11,13-15H,6-7,10H2,1-5H3. The SMILES string of the molecule is CCOC(CC)C(Cc1ccn(C(C)C)n1)NC. The second-order valence-electron chi connectivity index (χ2n) is 4.88. The molecule has 0 saturated heterocycles. The summed E-state index contributed by atoms with van der Waals surface area (Å²) in [5, 5.41) is 7.95. The maximum Gasteiger partial charge on any atom is 0.0729 e. The van der Waals surface area contributed by atoms with Crippen molar-refractivity contribution in [2.24, 2.45) is 0 Å². The van der Waals surface area contributed by atoms with Crippen molar-refractivity contribution in [3.8, 4) is 0 Å². The van der Waals surface area contributed by atoms with Gasteiger partial charge in [0.2, 0.25) is 0 Å². The van der Waals surface area contributed by atoms with Gasteiger partial charge >= 0.3 is 0 Å². The van der Waals surface area contributed by atoms with Crippen molar-refractivity contribution in [2.75, 3.05) is 13.7 Å². The molecule has 18 heavy (non-hydrogen) atoms. The van der Waals surface area contributed by atoms with Crippen LogP contribution in [0.25, 0.3) is 0 Å². The fourth-order valence-electron chi connectivity index (χ4n) is 2.15. The maximum absolute atomic E-state index is 5.77. The molecule has 0 aromatic carbocycles. The highest BCUT2D eigenvalue weighted by atomic mass is 16.5. The van der Waals surface area contributed by atoms with Crippen LogP contribution in [0.1, 0.15) is 45.9 Å². The van der Waals surface area contributed by atoms with Crippen molar-refractivity contribution in [3.05, 3.63) is 18.0 Å². The molecule has 1 N–H and O–H groups in total. The van der Waals surface area contributed by atoms with Crippen molar-refractivity contribution in [1.29, 1.82) is 0 Å². The lowest BCUT2D eigenvalue weighted by atomic mass is 10.0. The normalized spacial score (nSPS) is 15.0. The molecule has 1 aromatic heterocycles. The molecule has 0 bridgehead atoms. The highest BCUT2D eigenvalue weighted by Gasteiger charge is 2.20. The number of rotatable bonds is 8. The van der Waals surface area contributed by atoms with Crippen LogP contribution in [0.2, 0.25) is 0 Å². The van der Waals surface area contributed by atoms with E-state index in [1.54, 1.807) is 0 Å². The zero-order chi connectivity index (χ0) is 13.5. The Morgan fingerprint density at radius 2 is 2.11 bits per heavy atom. The van der Waals surface area contributed by atoms with Crippen molar-refractivity contribution >= 4 is 0 Å². The molecule has 0 fully saturated rings. The van der Waals surface area contributed by atoms with Crippen LogP contribution in [-0.4, -0.2) is 35.6 Å². The van der Waals surface area contributed by atoms with Gasteiger partial charge in [0, 0.05) is 31.3 Å². The largest absolute Gasteiger partial charge is 0.377 e. The third kappa shape index (κ3) is 4.10. The van der Waals surface area contributed by atoms with Crippen molar-refractivity contribution in [2.45, 2.75) is 58.7 Å². The Morgan fingerprint density at radius 3 is 2.56 bits per heavy atom. The Labute approximate surface area is 111 Å². The molecule has 0 spiro atoms. The molecule has 104 valence electrons. The molecule has 2 unspecified atom stereocenters. The topological polar surface area (TPSA) is 39.1 Å². The van der Waals surface area contributed by atoms with E-state index in [1.165, 1.54) is 0 Å². The van der Waals surface area contributed by atoms with Crippen LogP contribution >= 0.6 is 0 Å². The number of aromatic nitrogens is 2. The van der Waals surface area contributed by atoms with Crippen LogP contribution in [0.5, 0.6) is 0 Å². The van der Waals surface area contributed by atoms with Crippen molar-refractivity contribution in [1.82, 2.24) is 15.1 Å². The van der Waals surface area contributed by atoms with E-state index in [-0.39, 0.29) is 6.10 Å². The van der Waals surface area contributed by atoms with Crippen molar-refractivity contribution < 1.29 is 4.74 Å². The van der Waals surface area contributed by atoms with Gasteiger partial charge < -0.3 is 10.1 Å². The van der Waals surface area contributed by atoms with E-state index in [0.29, 0.717) is 12.1 Å². The third-order valence-electron chi connectivity index (χ3n) is 3.22. The van der Waals surface area contributed by atoms with Crippen LogP contribution in [0.3, 0.4) is 0 Å². The summed E-state index contributed by atoms with van der Waals surface area (Å²) in [7, 11) is 1.99. The molecule has 1 rings (SSSR count). The molecule has 4 heteroatoms.